The molecule has 0 aliphatic carbocycles. The summed E-state index contributed by atoms with van der Waals surface area (Å²) < 4.78 is 16.9. The third-order valence-corrected chi connectivity index (χ3v) is 7.39. The number of unbranched alkanes of at least 4 members (excludes halogenated alkanes) is 2. The van der Waals surface area contributed by atoms with Crippen molar-refractivity contribution >= 4 is 12.2 Å². The quantitative estimate of drug-likeness (QED) is 0.177. The maximum atomic E-state index is 13.5. The minimum absolute atomic E-state index is 0.205. The summed E-state index contributed by atoms with van der Waals surface area (Å²) >= 11 is 0. The largest absolute Gasteiger partial charge is 0.493 e. The van der Waals surface area contributed by atoms with Crippen LogP contribution < -0.4 is 14.2 Å². The third-order valence-electron chi connectivity index (χ3n) is 7.39. The Morgan fingerprint density at radius 2 is 1.87 bits per heavy atom. The smallest absolute Gasteiger partial charge is 0.236 e. The van der Waals surface area contributed by atoms with Crippen LogP contribution in [0.1, 0.15) is 63.9 Å². The minimum atomic E-state index is 0.205. The summed E-state index contributed by atoms with van der Waals surface area (Å²) in [4.78, 5) is 30.5. The minimum Gasteiger partial charge on any atom is -0.493 e. The standard InChI is InChI=1S/C30H45N3O5/c1-5-7-14-32(15-8-6-2)29(35)22-33-21-25(18-26(33)12-16-31(3)13-10-9-11-17-34)24-19-27(36-4)30-28(20-24)37-23-38-30/h9-11,13,17,19-20,25-26H,5-8,12,14-16,18,21-23H2,1-4H3/b11-9-,13-10-/t25?,26-/m0/s1. The number of aldehydes is 1. The van der Waals surface area contributed by atoms with Crippen LogP contribution in [0.25, 0.3) is 0 Å². The Labute approximate surface area is 228 Å². The zero-order chi connectivity index (χ0) is 27.3. The number of fused-ring (bicyclic) bond motifs is 1. The van der Waals surface area contributed by atoms with E-state index < -0.39 is 0 Å². The first kappa shape index (κ1) is 29.6. The summed E-state index contributed by atoms with van der Waals surface area (Å²) in [6.07, 6.45) is 13.9. The highest BCUT2D eigenvalue weighted by Gasteiger charge is 2.36. The van der Waals surface area contributed by atoms with Gasteiger partial charge < -0.3 is 24.0 Å². The molecule has 8 nitrogen and oxygen atoms in total. The van der Waals surface area contributed by atoms with Crippen molar-refractivity contribution in [3.8, 4) is 17.2 Å². The van der Waals surface area contributed by atoms with Gasteiger partial charge >= 0.3 is 0 Å². The van der Waals surface area contributed by atoms with Gasteiger partial charge in [-0.1, -0.05) is 32.8 Å². The van der Waals surface area contributed by atoms with Crippen LogP contribution in [0.4, 0.5) is 0 Å². The molecule has 1 aromatic rings. The van der Waals surface area contributed by atoms with E-state index >= 15 is 0 Å². The number of amides is 1. The molecule has 2 aliphatic heterocycles. The molecule has 0 bridgehead atoms. The molecule has 210 valence electrons. The van der Waals surface area contributed by atoms with E-state index in [1.165, 1.54) is 6.08 Å². The van der Waals surface area contributed by atoms with Crippen LogP contribution in [0, 0.1) is 0 Å². The van der Waals surface area contributed by atoms with Crippen LogP contribution in [-0.4, -0.2) is 86.6 Å². The van der Waals surface area contributed by atoms with Crippen molar-refractivity contribution in [3.63, 3.8) is 0 Å². The molecule has 1 aromatic carbocycles. The van der Waals surface area contributed by atoms with E-state index in [9.17, 15) is 9.59 Å². The molecule has 1 amide bonds. The normalized spacial score (nSPS) is 18.9. The molecule has 0 spiro atoms. The molecule has 1 fully saturated rings. The predicted molar refractivity (Wildman–Crippen MR) is 150 cm³/mol. The lowest BCUT2D eigenvalue weighted by molar-refractivity contribution is -0.132. The first-order valence-corrected chi connectivity index (χ1v) is 14.0. The highest BCUT2D eigenvalue weighted by atomic mass is 16.7. The van der Waals surface area contributed by atoms with Gasteiger partial charge in [-0.3, -0.25) is 14.5 Å². The monoisotopic (exact) mass is 527 g/mol. The SMILES string of the molecule is CCCCN(CCCC)C(=O)CN1CC(c2cc(OC)c3c(c2)OCO3)C[C@@H]1CCN(C)/C=C\C=C/C=O. The van der Waals surface area contributed by atoms with Crippen molar-refractivity contribution in [2.45, 2.75) is 64.3 Å². The average molecular weight is 528 g/mol. The van der Waals surface area contributed by atoms with E-state index in [1.807, 2.05) is 19.3 Å². The Morgan fingerprint density at radius 3 is 2.55 bits per heavy atom. The number of carbonyl (C=O) groups excluding carboxylic acids is 2. The van der Waals surface area contributed by atoms with E-state index in [4.69, 9.17) is 14.2 Å². The van der Waals surface area contributed by atoms with Gasteiger partial charge in [0.2, 0.25) is 18.4 Å². The van der Waals surface area contributed by atoms with Crippen molar-refractivity contribution in [3.05, 3.63) is 42.1 Å². The zero-order valence-electron chi connectivity index (χ0n) is 23.6. The Kier molecular flexibility index (Phi) is 12.0. The molecule has 3 rings (SSSR count). The molecule has 2 atom stereocenters. The van der Waals surface area contributed by atoms with Gasteiger partial charge in [0.05, 0.1) is 13.7 Å². The molecule has 1 unspecified atom stereocenters. The fourth-order valence-corrected chi connectivity index (χ4v) is 5.17. The van der Waals surface area contributed by atoms with Crippen LogP contribution in [-0.2, 0) is 9.59 Å². The van der Waals surface area contributed by atoms with E-state index in [1.54, 1.807) is 13.2 Å². The number of allylic oxidation sites excluding steroid dienone is 3. The first-order chi connectivity index (χ1) is 18.5. The molecule has 2 aliphatic rings. The molecular weight excluding hydrogens is 482 g/mol. The van der Waals surface area contributed by atoms with Gasteiger partial charge in [0.25, 0.3) is 0 Å². The topological polar surface area (TPSA) is 71.6 Å². The number of nitrogens with zero attached hydrogens (tertiary/aromatic N) is 3. The number of ether oxygens (including phenoxy) is 3. The van der Waals surface area contributed by atoms with Gasteiger partial charge in [-0.05, 0) is 67.6 Å². The number of hydrogen-bond donors (Lipinski definition) is 0. The number of rotatable bonds is 16. The van der Waals surface area contributed by atoms with Crippen LogP contribution in [0.15, 0.2) is 36.6 Å². The van der Waals surface area contributed by atoms with Gasteiger partial charge in [0, 0.05) is 39.3 Å². The molecule has 0 N–H and O–H groups in total. The predicted octanol–water partition coefficient (Wildman–Crippen LogP) is 4.60. The van der Waals surface area contributed by atoms with E-state index in [0.717, 1.165) is 82.3 Å². The summed E-state index contributed by atoms with van der Waals surface area (Å²) in [7, 11) is 3.69. The molecule has 8 heteroatoms. The zero-order valence-corrected chi connectivity index (χ0v) is 23.6. The van der Waals surface area contributed by atoms with Crippen LogP contribution in [0.2, 0.25) is 0 Å². The third kappa shape index (κ3) is 8.25. The first-order valence-electron chi connectivity index (χ1n) is 14.0. The highest BCUT2D eigenvalue weighted by Crippen LogP contribution is 2.45. The highest BCUT2D eigenvalue weighted by molar-refractivity contribution is 5.78. The van der Waals surface area contributed by atoms with Gasteiger partial charge in [0.15, 0.2) is 11.5 Å². The Bertz CT molecular complexity index is 955. The summed E-state index contributed by atoms with van der Waals surface area (Å²) in [6.45, 7) is 8.32. The average Bonchev–Trinajstić information content (AvgIpc) is 3.56. The van der Waals surface area contributed by atoms with Gasteiger partial charge in [-0.25, -0.2) is 0 Å². The van der Waals surface area contributed by atoms with Crippen LogP contribution in [0.3, 0.4) is 0 Å². The van der Waals surface area contributed by atoms with Crippen molar-refractivity contribution in [1.82, 2.24) is 14.7 Å². The summed E-state index contributed by atoms with van der Waals surface area (Å²) in [5.41, 5.74) is 1.16. The molecule has 0 saturated carbocycles. The Balaban J connectivity index is 1.75. The number of benzene rings is 1. The fourth-order valence-electron chi connectivity index (χ4n) is 5.17. The Morgan fingerprint density at radius 1 is 1.11 bits per heavy atom. The maximum Gasteiger partial charge on any atom is 0.236 e. The summed E-state index contributed by atoms with van der Waals surface area (Å²) in [6, 6.07) is 4.41. The van der Waals surface area contributed by atoms with E-state index in [-0.39, 0.29) is 24.7 Å². The maximum absolute atomic E-state index is 13.5. The fraction of sp³-hybridized carbons (Fsp3) is 0.600. The number of methoxy groups -OCH3 is 1. The summed E-state index contributed by atoms with van der Waals surface area (Å²) in [5.74, 6) is 2.58. The molecular formula is C30H45N3O5. The second kappa shape index (κ2) is 15.4. The summed E-state index contributed by atoms with van der Waals surface area (Å²) in [5, 5.41) is 0. The molecule has 38 heavy (non-hydrogen) atoms. The van der Waals surface area contributed by atoms with Crippen molar-refractivity contribution in [2.24, 2.45) is 0 Å². The van der Waals surface area contributed by atoms with E-state index in [2.05, 4.69) is 40.7 Å². The van der Waals surface area contributed by atoms with Gasteiger partial charge in [0.1, 0.15) is 6.29 Å². The molecule has 1 saturated heterocycles. The number of likely N-dealkylation sites (tertiary alicyclic amines) is 1. The van der Waals surface area contributed by atoms with E-state index in [0.29, 0.717) is 18.0 Å². The Hall–Kier alpha value is -3.00. The number of hydrogen-bond acceptors (Lipinski definition) is 7. The van der Waals surface area contributed by atoms with Crippen molar-refractivity contribution < 1.29 is 23.8 Å². The van der Waals surface area contributed by atoms with Crippen molar-refractivity contribution in [2.75, 3.05) is 53.7 Å². The lowest BCUT2D eigenvalue weighted by Gasteiger charge is -2.29. The lowest BCUT2D eigenvalue weighted by Crippen LogP contribution is -2.43. The second-order valence-electron chi connectivity index (χ2n) is 10.2. The van der Waals surface area contributed by atoms with Crippen molar-refractivity contribution in [1.29, 1.82) is 0 Å². The van der Waals surface area contributed by atoms with Gasteiger partial charge in [-0.2, -0.15) is 0 Å². The second-order valence-corrected chi connectivity index (χ2v) is 10.2. The lowest BCUT2D eigenvalue weighted by atomic mass is 9.94. The van der Waals surface area contributed by atoms with Crippen LogP contribution in [0.5, 0.6) is 17.2 Å². The number of carbonyl (C=O) groups is 2. The van der Waals surface area contributed by atoms with Gasteiger partial charge in [-0.15, -0.1) is 0 Å². The molecule has 0 radical (unpaired) electrons. The van der Waals surface area contributed by atoms with Crippen LogP contribution >= 0.6 is 0 Å². The molecule has 2 heterocycles. The molecule has 0 aromatic heterocycles.